The zero-order chi connectivity index (χ0) is 23.4. The van der Waals surface area contributed by atoms with Gasteiger partial charge < -0.3 is 14.6 Å². The molecule has 0 unspecified atom stereocenters. The Labute approximate surface area is 195 Å². The van der Waals surface area contributed by atoms with Gasteiger partial charge >= 0.3 is 0 Å². The summed E-state index contributed by atoms with van der Waals surface area (Å²) in [6.07, 6.45) is 11.0. The number of sulfone groups is 1. The van der Waals surface area contributed by atoms with Gasteiger partial charge in [-0.3, -0.25) is 14.6 Å². The third-order valence-corrected chi connectivity index (χ3v) is 8.86. The van der Waals surface area contributed by atoms with Gasteiger partial charge in [0.1, 0.15) is 9.84 Å². The van der Waals surface area contributed by atoms with Gasteiger partial charge in [-0.25, -0.2) is 8.42 Å². The van der Waals surface area contributed by atoms with Crippen molar-refractivity contribution in [2.45, 2.75) is 56.6 Å². The number of carbonyl (C=O) groups is 2. The number of pyridine rings is 1. The van der Waals surface area contributed by atoms with E-state index in [1.807, 2.05) is 11.0 Å². The third kappa shape index (κ3) is 5.93. The summed E-state index contributed by atoms with van der Waals surface area (Å²) < 4.78 is 29.0. The monoisotopic (exact) mass is 475 g/mol. The summed E-state index contributed by atoms with van der Waals surface area (Å²) in [4.78, 5) is 31.1. The number of aromatic nitrogens is 1. The molecule has 2 aromatic heterocycles. The van der Waals surface area contributed by atoms with Crippen LogP contribution in [0.5, 0.6) is 0 Å². The maximum atomic E-state index is 12.9. The number of nitrogens with one attached hydrogen (secondary N) is 1. The summed E-state index contributed by atoms with van der Waals surface area (Å²) >= 11 is 0. The molecule has 1 saturated carbocycles. The quantitative estimate of drug-likeness (QED) is 0.616. The van der Waals surface area contributed by atoms with Crippen LogP contribution in [0.4, 0.5) is 0 Å². The molecule has 9 heteroatoms. The van der Waals surface area contributed by atoms with Gasteiger partial charge in [-0.1, -0.05) is 0 Å². The van der Waals surface area contributed by atoms with Crippen LogP contribution in [0.25, 0.3) is 11.0 Å². The molecule has 1 aliphatic heterocycles. The zero-order valence-corrected chi connectivity index (χ0v) is 20.0. The molecule has 8 nitrogen and oxygen atoms in total. The fourth-order valence-corrected chi connectivity index (χ4v) is 6.24. The predicted molar refractivity (Wildman–Crippen MR) is 125 cm³/mol. The molecule has 2 aliphatic rings. The molecule has 4 rings (SSSR count). The summed E-state index contributed by atoms with van der Waals surface area (Å²) in [5.41, 5.74) is 0.604. The van der Waals surface area contributed by atoms with Crippen LogP contribution < -0.4 is 5.32 Å². The Bertz CT molecular complexity index is 1050. The van der Waals surface area contributed by atoms with Gasteiger partial charge in [0, 0.05) is 43.4 Å². The van der Waals surface area contributed by atoms with Crippen molar-refractivity contribution in [2.24, 2.45) is 11.8 Å². The van der Waals surface area contributed by atoms with Crippen LogP contribution in [0, 0.1) is 11.8 Å². The summed E-state index contributed by atoms with van der Waals surface area (Å²) in [6.45, 7) is 2.14. The van der Waals surface area contributed by atoms with Crippen molar-refractivity contribution in [2.75, 3.05) is 25.9 Å². The van der Waals surface area contributed by atoms with Crippen molar-refractivity contribution in [1.29, 1.82) is 0 Å². The average Bonchev–Trinajstić information content (AvgIpc) is 3.26. The zero-order valence-electron chi connectivity index (χ0n) is 19.2. The smallest absolute Gasteiger partial charge is 0.287 e. The lowest BCUT2D eigenvalue weighted by molar-refractivity contribution is -0.138. The number of carbonyl (C=O) groups excluding carboxylic acids is 2. The molecular formula is C24H33N3O5S. The summed E-state index contributed by atoms with van der Waals surface area (Å²) in [5, 5.41) is 3.50. The first-order valence-electron chi connectivity index (χ1n) is 11.9. The van der Waals surface area contributed by atoms with Gasteiger partial charge in [-0.2, -0.15) is 0 Å². The van der Waals surface area contributed by atoms with E-state index in [1.54, 1.807) is 18.5 Å². The molecular weight excluding hydrogens is 442 g/mol. The van der Waals surface area contributed by atoms with Gasteiger partial charge in [-0.05, 0) is 69.4 Å². The van der Waals surface area contributed by atoms with E-state index >= 15 is 0 Å². The topological polar surface area (TPSA) is 110 Å². The van der Waals surface area contributed by atoms with Gasteiger partial charge in [-0.15, -0.1) is 0 Å². The maximum absolute atomic E-state index is 12.9. The Hall–Kier alpha value is -2.42. The number of furan rings is 1. The summed E-state index contributed by atoms with van der Waals surface area (Å²) in [5.74, 6) is 0.828. The van der Waals surface area contributed by atoms with Gasteiger partial charge in [0.05, 0.1) is 11.4 Å². The third-order valence-electron chi connectivity index (χ3n) is 7.18. The highest BCUT2D eigenvalue weighted by molar-refractivity contribution is 7.91. The molecule has 2 fully saturated rings. The van der Waals surface area contributed by atoms with Gasteiger partial charge in [0.15, 0.2) is 11.3 Å². The minimum atomic E-state index is -3.00. The Balaban J connectivity index is 1.13. The molecule has 2 aromatic rings. The minimum absolute atomic E-state index is 0.0243. The van der Waals surface area contributed by atoms with E-state index in [9.17, 15) is 18.0 Å². The first-order valence-corrected chi connectivity index (χ1v) is 13.9. The number of amides is 2. The molecule has 1 saturated heterocycles. The van der Waals surface area contributed by atoms with Crippen molar-refractivity contribution < 1.29 is 22.4 Å². The second-order valence-electron chi connectivity index (χ2n) is 9.49. The largest absolute Gasteiger partial charge is 0.449 e. The van der Waals surface area contributed by atoms with Crippen LogP contribution in [0.15, 0.2) is 28.9 Å². The number of piperidine rings is 1. The van der Waals surface area contributed by atoms with Gasteiger partial charge in [0.2, 0.25) is 5.91 Å². The van der Waals surface area contributed by atoms with Crippen LogP contribution in [0.2, 0.25) is 0 Å². The highest BCUT2D eigenvalue weighted by atomic mass is 32.2. The van der Waals surface area contributed by atoms with Crippen LogP contribution in [-0.2, 0) is 14.6 Å². The summed E-state index contributed by atoms with van der Waals surface area (Å²) in [6, 6.07) is 3.54. The maximum Gasteiger partial charge on any atom is 0.287 e. The second kappa shape index (κ2) is 10.2. The molecule has 0 spiro atoms. The normalized spacial score (nSPS) is 22.4. The minimum Gasteiger partial charge on any atom is -0.449 e. The lowest BCUT2D eigenvalue weighted by Gasteiger charge is -2.36. The summed E-state index contributed by atoms with van der Waals surface area (Å²) in [7, 11) is -3.00. The number of hydrogen-bond acceptors (Lipinski definition) is 6. The molecule has 1 N–H and O–H groups in total. The molecule has 2 amide bonds. The van der Waals surface area contributed by atoms with Crippen molar-refractivity contribution in [3.8, 4) is 0 Å². The Morgan fingerprint density at radius 2 is 1.88 bits per heavy atom. The lowest BCUT2D eigenvalue weighted by Crippen LogP contribution is -2.43. The number of hydrogen-bond donors (Lipinski definition) is 1. The van der Waals surface area contributed by atoms with E-state index in [-0.39, 0.29) is 23.0 Å². The van der Waals surface area contributed by atoms with Crippen LogP contribution in [-0.4, -0.2) is 61.3 Å². The van der Waals surface area contributed by atoms with Crippen molar-refractivity contribution in [3.63, 3.8) is 0 Å². The van der Waals surface area contributed by atoms with E-state index in [1.165, 1.54) is 6.26 Å². The Morgan fingerprint density at radius 1 is 1.15 bits per heavy atom. The first kappa shape index (κ1) is 23.7. The van der Waals surface area contributed by atoms with Crippen LogP contribution >= 0.6 is 0 Å². The predicted octanol–water partition coefficient (Wildman–Crippen LogP) is 3.18. The Morgan fingerprint density at radius 3 is 2.55 bits per heavy atom. The number of nitrogens with zero attached hydrogens (tertiary/aromatic N) is 2. The highest BCUT2D eigenvalue weighted by Crippen LogP contribution is 2.31. The number of rotatable bonds is 7. The second-order valence-corrected chi connectivity index (χ2v) is 11.8. The van der Waals surface area contributed by atoms with Crippen LogP contribution in [0.3, 0.4) is 0 Å². The highest BCUT2D eigenvalue weighted by Gasteiger charge is 2.34. The molecule has 33 heavy (non-hydrogen) atoms. The molecule has 0 aromatic carbocycles. The van der Waals surface area contributed by atoms with E-state index < -0.39 is 9.84 Å². The molecule has 1 aliphatic carbocycles. The standard InChI is InChI=1S/C24H33N3O5S/c1-33(30,31)20-6-4-18(5-7-20)24(29)27-13-9-17(10-14-27)3-2-11-26-23(28)21-15-19-8-12-25-16-22(19)32-21/h8,12,15-18,20H,2-7,9-11,13-14H2,1H3,(H,26,28). The van der Waals surface area contributed by atoms with Crippen molar-refractivity contribution in [3.05, 3.63) is 30.3 Å². The van der Waals surface area contributed by atoms with E-state index in [0.29, 0.717) is 49.5 Å². The van der Waals surface area contributed by atoms with Crippen LogP contribution in [0.1, 0.15) is 61.9 Å². The molecule has 3 heterocycles. The molecule has 180 valence electrons. The van der Waals surface area contributed by atoms with E-state index in [2.05, 4.69) is 10.3 Å². The van der Waals surface area contributed by atoms with Crippen molar-refractivity contribution >= 4 is 32.6 Å². The lowest BCUT2D eigenvalue weighted by atomic mass is 9.86. The number of likely N-dealkylation sites (tertiary alicyclic amines) is 1. The van der Waals surface area contributed by atoms with E-state index in [0.717, 1.165) is 44.2 Å². The Kier molecular flexibility index (Phi) is 7.36. The molecule has 0 radical (unpaired) electrons. The van der Waals surface area contributed by atoms with E-state index in [4.69, 9.17) is 4.42 Å². The average molecular weight is 476 g/mol. The van der Waals surface area contributed by atoms with Gasteiger partial charge in [0.25, 0.3) is 5.91 Å². The molecule has 0 bridgehead atoms. The fraction of sp³-hybridized carbons (Fsp3) is 0.625. The first-order chi connectivity index (χ1) is 15.8. The van der Waals surface area contributed by atoms with Crippen molar-refractivity contribution in [1.82, 2.24) is 15.2 Å². The fourth-order valence-electron chi connectivity index (χ4n) is 5.11. The molecule has 0 atom stereocenters. The number of fused-ring (bicyclic) bond motifs is 1. The SMILES string of the molecule is CS(=O)(=O)C1CCC(C(=O)N2CCC(CCCNC(=O)c3cc4ccncc4o3)CC2)CC1.